The van der Waals surface area contributed by atoms with E-state index in [2.05, 4.69) is 11.4 Å². The van der Waals surface area contributed by atoms with Crippen molar-refractivity contribution in [1.29, 1.82) is 0 Å². The van der Waals surface area contributed by atoms with Crippen LogP contribution in [0.4, 0.5) is 0 Å². The molecule has 1 amide bonds. The average molecular weight is 313 g/mol. The maximum atomic E-state index is 11.7. The second-order valence-corrected chi connectivity index (χ2v) is 5.73. The van der Waals surface area contributed by atoms with E-state index in [0.29, 0.717) is 25.5 Å². The van der Waals surface area contributed by atoms with E-state index in [1.165, 1.54) is 24.0 Å². The number of carbonyl (C=O) groups is 1. The lowest BCUT2D eigenvalue weighted by Crippen LogP contribution is -2.38. The second-order valence-electron chi connectivity index (χ2n) is 5.73. The molecule has 0 saturated heterocycles. The standard InChI is InChI=1S/C16H24N2O2.ClH/c1-11-7-12(2)9-14(8-11)20-6-5-16(19)18-10-15(17)13-3-4-13;/h7-9,13,15H,3-6,10,17H2,1-2H3,(H,18,19);1H. The van der Waals surface area contributed by atoms with E-state index in [4.69, 9.17) is 10.5 Å². The Morgan fingerprint density at radius 3 is 2.52 bits per heavy atom. The highest BCUT2D eigenvalue weighted by Crippen LogP contribution is 2.31. The number of nitrogens with two attached hydrogens (primary N) is 1. The van der Waals surface area contributed by atoms with Crippen molar-refractivity contribution >= 4 is 18.3 Å². The van der Waals surface area contributed by atoms with Gasteiger partial charge in [-0.05, 0) is 55.9 Å². The summed E-state index contributed by atoms with van der Waals surface area (Å²) < 4.78 is 5.61. The highest BCUT2D eigenvalue weighted by atomic mass is 35.5. The molecule has 0 spiro atoms. The Morgan fingerprint density at radius 1 is 1.33 bits per heavy atom. The number of hydrogen-bond acceptors (Lipinski definition) is 3. The largest absolute Gasteiger partial charge is 0.493 e. The van der Waals surface area contributed by atoms with E-state index in [9.17, 15) is 4.79 Å². The van der Waals surface area contributed by atoms with Crippen molar-refractivity contribution in [1.82, 2.24) is 5.32 Å². The molecule has 1 saturated carbocycles. The third-order valence-electron chi connectivity index (χ3n) is 3.56. The Balaban J connectivity index is 0.00000220. The quantitative estimate of drug-likeness (QED) is 0.812. The molecule has 1 aromatic rings. The van der Waals surface area contributed by atoms with Crippen molar-refractivity contribution in [2.24, 2.45) is 11.7 Å². The maximum Gasteiger partial charge on any atom is 0.223 e. The van der Waals surface area contributed by atoms with Gasteiger partial charge in [0.25, 0.3) is 0 Å². The molecule has 1 unspecified atom stereocenters. The minimum absolute atomic E-state index is 0. The number of ether oxygens (including phenoxy) is 1. The molecule has 21 heavy (non-hydrogen) atoms. The molecule has 2 rings (SSSR count). The Labute approximate surface area is 132 Å². The number of hydrogen-bond donors (Lipinski definition) is 2. The number of rotatable bonds is 7. The SMILES string of the molecule is Cc1cc(C)cc(OCCC(=O)NCC(N)C2CC2)c1.Cl. The van der Waals surface area contributed by atoms with Crippen LogP contribution in [0.15, 0.2) is 18.2 Å². The number of carbonyl (C=O) groups excluding carboxylic acids is 1. The topological polar surface area (TPSA) is 64.3 Å². The third kappa shape index (κ3) is 6.36. The minimum Gasteiger partial charge on any atom is -0.493 e. The highest BCUT2D eigenvalue weighted by Gasteiger charge is 2.28. The van der Waals surface area contributed by atoms with Gasteiger partial charge in [0.05, 0.1) is 13.0 Å². The molecule has 4 nitrogen and oxygen atoms in total. The van der Waals surface area contributed by atoms with Crippen LogP contribution in [0.5, 0.6) is 5.75 Å². The maximum absolute atomic E-state index is 11.7. The number of amides is 1. The molecule has 5 heteroatoms. The number of aryl methyl sites for hydroxylation is 2. The Bertz CT molecular complexity index is 455. The molecule has 0 aliphatic heterocycles. The molecule has 118 valence electrons. The van der Waals surface area contributed by atoms with Gasteiger partial charge in [0.1, 0.15) is 5.75 Å². The van der Waals surface area contributed by atoms with Crippen LogP contribution in [-0.2, 0) is 4.79 Å². The van der Waals surface area contributed by atoms with Crippen LogP contribution in [0.3, 0.4) is 0 Å². The smallest absolute Gasteiger partial charge is 0.223 e. The van der Waals surface area contributed by atoms with Crippen molar-refractivity contribution in [2.45, 2.75) is 39.2 Å². The Kier molecular flexibility index (Phi) is 6.99. The van der Waals surface area contributed by atoms with E-state index >= 15 is 0 Å². The second kappa shape index (κ2) is 8.25. The van der Waals surface area contributed by atoms with E-state index in [1.807, 2.05) is 26.0 Å². The van der Waals surface area contributed by atoms with Gasteiger partial charge in [0.15, 0.2) is 0 Å². The number of nitrogens with one attached hydrogen (secondary N) is 1. The predicted molar refractivity (Wildman–Crippen MR) is 87.0 cm³/mol. The van der Waals surface area contributed by atoms with Gasteiger partial charge in [-0.15, -0.1) is 12.4 Å². The lowest BCUT2D eigenvalue weighted by Gasteiger charge is -2.12. The molecule has 1 aliphatic rings. The van der Waals surface area contributed by atoms with E-state index in [1.54, 1.807) is 0 Å². The fourth-order valence-electron chi connectivity index (χ4n) is 2.29. The summed E-state index contributed by atoms with van der Waals surface area (Å²) in [5, 5.41) is 2.87. The molecule has 0 aromatic heterocycles. The van der Waals surface area contributed by atoms with Gasteiger partial charge in [-0.2, -0.15) is 0 Å². The molecule has 1 aromatic carbocycles. The van der Waals surface area contributed by atoms with E-state index in [-0.39, 0.29) is 24.4 Å². The van der Waals surface area contributed by atoms with Crippen molar-refractivity contribution in [2.75, 3.05) is 13.2 Å². The summed E-state index contributed by atoms with van der Waals surface area (Å²) in [5.74, 6) is 1.44. The van der Waals surface area contributed by atoms with E-state index < -0.39 is 0 Å². The first-order valence-corrected chi connectivity index (χ1v) is 7.28. The van der Waals surface area contributed by atoms with Gasteiger partial charge in [0, 0.05) is 12.6 Å². The summed E-state index contributed by atoms with van der Waals surface area (Å²) in [6.07, 6.45) is 2.77. The normalized spacial score (nSPS) is 15.0. The predicted octanol–water partition coefficient (Wildman–Crippen LogP) is 2.35. The number of benzene rings is 1. The molecule has 1 fully saturated rings. The van der Waals surface area contributed by atoms with Gasteiger partial charge in [-0.3, -0.25) is 4.79 Å². The molecule has 0 bridgehead atoms. The number of halogens is 1. The van der Waals surface area contributed by atoms with Gasteiger partial charge in [-0.1, -0.05) is 6.07 Å². The first kappa shape index (κ1) is 17.8. The molecule has 1 atom stereocenters. The van der Waals surface area contributed by atoms with Crippen LogP contribution in [0, 0.1) is 19.8 Å². The molecule has 0 radical (unpaired) electrons. The average Bonchev–Trinajstić information content (AvgIpc) is 3.19. The summed E-state index contributed by atoms with van der Waals surface area (Å²) >= 11 is 0. The van der Waals surface area contributed by atoms with Crippen LogP contribution >= 0.6 is 12.4 Å². The lowest BCUT2D eigenvalue weighted by atomic mass is 10.1. The summed E-state index contributed by atoms with van der Waals surface area (Å²) in [4.78, 5) is 11.7. The zero-order chi connectivity index (χ0) is 14.5. The first-order valence-electron chi connectivity index (χ1n) is 7.28. The van der Waals surface area contributed by atoms with Crippen LogP contribution < -0.4 is 15.8 Å². The van der Waals surface area contributed by atoms with Crippen molar-refractivity contribution in [3.8, 4) is 5.75 Å². The van der Waals surface area contributed by atoms with Crippen molar-refractivity contribution < 1.29 is 9.53 Å². The Morgan fingerprint density at radius 2 is 1.95 bits per heavy atom. The van der Waals surface area contributed by atoms with Gasteiger partial charge in [0.2, 0.25) is 5.91 Å². The fourth-order valence-corrected chi connectivity index (χ4v) is 2.29. The third-order valence-corrected chi connectivity index (χ3v) is 3.56. The monoisotopic (exact) mass is 312 g/mol. The van der Waals surface area contributed by atoms with Crippen LogP contribution in [0.2, 0.25) is 0 Å². The zero-order valence-electron chi connectivity index (χ0n) is 12.7. The van der Waals surface area contributed by atoms with Crippen LogP contribution in [0.25, 0.3) is 0 Å². The van der Waals surface area contributed by atoms with Gasteiger partial charge >= 0.3 is 0 Å². The van der Waals surface area contributed by atoms with Crippen molar-refractivity contribution in [3.63, 3.8) is 0 Å². The summed E-state index contributed by atoms with van der Waals surface area (Å²) in [7, 11) is 0. The lowest BCUT2D eigenvalue weighted by molar-refractivity contribution is -0.121. The summed E-state index contributed by atoms with van der Waals surface area (Å²) in [5.41, 5.74) is 8.27. The highest BCUT2D eigenvalue weighted by molar-refractivity contribution is 5.85. The Hall–Kier alpha value is -1.26. The first-order chi connectivity index (χ1) is 9.54. The summed E-state index contributed by atoms with van der Waals surface area (Å²) in [6, 6.07) is 6.17. The minimum atomic E-state index is 0. The fraction of sp³-hybridized carbons (Fsp3) is 0.562. The molecular weight excluding hydrogens is 288 g/mol. The van der Waals surface area contributed by atoms with Crippen LogP contribution in [-0.4, -0.2) is 25.1 Å². The molecule has 1 aliphatic carbocycles. The summed E-state index contributed by atoms with van der Waals surface area (Å²) in [6.45, 7) is 5.04. The van der Waals surface area contributed by atoms with Crippen molar-refractivity contribution in [3.05, 3.63) is 29.3 Å². The van der Waals surface area contributed by atoms with Crippen LogP contribution in [0.1, 0.15) is 30.4 Å². The zero-order valence-corrected chi connectivity index (χ0v) is 13.5. The van der Waals surface area contributed by atoms with Gasteiger partial charge in [-0.25, -0.2) is 0 Å². The molecule has 3 N–H and O–H groups in total. The molecular formula is C16H25ClN2O2. The van der Waals surface area contributed by atoms with Gasteiger partial charge < -0.3 is 15.8 Å². The van der Waals surface area contributed by atoms with E-state index in [0.717, 1.165) is 5.75 Å². The molecule has 0 heterocycles.